The Bertz CT molecular complexity index is 949. The second-order valence-electron chi connectivity index (χ2n) is 5.99. The lowest BCUT2D eigenvalue weighted by atomic mass is 10.1. The average Bonchev–Trinajstić information content (AvgIpc) is 3.03. The minimum Gasteiger partial charge on any atom is -0.372 e. The fourth-order valence-corrected chi connectivity index (χ4v) is 3.06. The summed E-state index contributed by atoms with van der Waals surface area (Å²) in [6.45, 7) is 8.36. The molecule has 0 amide bonds. The largest absolute Gasteiger partial charge is 0.372 e. The number of aryl methyl sites for hydroxylation is 1. The van der Waals surface area contributed by atoms with Crippen LogP contribution in [0.25, 0.3) is 11.4 Å². The monoisotopic (exact) mass is 365 g/mol. The summed E-state index contributed by atoms with van der Waals surface area (Å²) < 4.78 is 2.13. The molecule has 0 saturated carbocycles. The zero-order chi connectivity index (χ0) is 18.5. The van der Waals surface area contributed by atoms with Crippen LogP contribution in [-0.4, -0.2) is 34.2 Å². The molecule has 0 aliphatic carbocycles. The van der Waals surface area contributed by atoms with Gasteiger partial charge in [-0.3, -0.25) is 0 Å². The fourth-order valence-electron chi connectivity index (χ4n) is 2.88. The minimum absolute atomic E-state index is 0.472. The van der Waals surface area contributed by atoms with Gasteiger partial charge in [-0.1, -0.05) is 36.4 Å². The number of aromatic nitrogens is 3. The second-order valence-corrected chi connectivity index (χ2v) is 6.37. The third-order valence-electron chi connectivity index (χ3n) is 4.38. The molecule has 0 radical (unpaired) electrons. The minimum atomic E-state index is 0.472. The molecule has 6 heteroatoms. The summed E-state index contributed by atoms with van der Waals surface area (Å²) in [5.41, 5.74) is 4.36. The van der Waals surface area contributed by atoms with E-state index in [-0.39, 0.29) is 0 Å². The van der Waals surface area contributed by atoms with Crippen molar-refractivity contribution in [3.63, 3.8) is 0 Å². The predicted molar refractivity (Wildman–Crippen MR) is 111 cm³/mol. The van der Waals surface area contributed by atoms with E-state index in [1.807, 2.05) is 31.2 Å². The van der Waals surface area contributed by atoms with Crippen molar-refractivity contribution in [3.05, 3.63) is 64.4 Å². The van der Waals surface area contributed by atoms with Crippen LogP contribution < -0.4 is 4.90 Å². The Morgan fingerprint density at radius 1 is 1.12 bits per heavy atom. The lowest BCUT2D eigenvalue weighted by Crippen LogP contribution is -2.21. The molecular weight excluding hydrogens is 342 g/mol. The van der Waals surface area contributed by atoms with Crippen LogP contribution in [0.5, 0.6) is 0 Å². The first kappa shape index (κ1) is 18.1. The maximum atomic E-state index is 5.34. The molecule has 1 N–H and O–H groups in total. The van der Waals surface area contributed by atoms with Crippen molar-refractivity contribution in [2.75, 3.05) is 18.0 Å². The molecule has 3 aromatic rings. The Labute approximate surface area is 159 Å². The highest BCUT2D eigenvalue weighted by Gasteiger charge is 2.10. The van der Waals surface area contributed by atoms with Crippen molar-refractivity contribution in [2.45, 2.75) is 20.8 Å². The number of aromatic amines is 1. The summed E-state index contributed by atoms with van der Waals surface area (Å²) in [5, 5.41) is 11.7. The summed E-state index contributed by atoms with van der Waals surface area (Å²) in [5.74, 6) is 0.712. The van der Waals surface area contributed by atoms with Gasteiger partial charge in [-0.25, -0.2) is 5.10 Å². The van der Waals surface area contributed by atoms with Gasteiger partial charge in [-0.05, 0) is 56.2 Å². The maximum absolute atomic E-state index is 5.34. The molecular formula is C20H23N5S. The number of H-pyrrole nitrogens is 1. The average molecular weight is 366 g/mol. The highest BCUT2D eigenvalue weighted by molar-refractivity contribution is 7.71. The topological polar surface area (TPSA) is 49.2 Å². The van der Waals surface area contributed by atoms with Gasteiger partial charge in [0.05, 0.1) is 6.21 Å². The van der Waals surface area contributed by atoms with Gasteiger partial charge in [0.1, 0.15) is 0 Å². The van der Waals surface area contributed by atoms with Crippen LogP contribution in [0.2, 0.25) is 0 Å². The van der Waals surface area contributed by atoms with Crippen molar-refractivity contribution in [1.29, 1.82) is 0 Å². The molecule has 0 aliphatic heterocycles. The lowest BCUT2D eigenvalue weighted by Gasteiger charge is -2.20. The van der Waals surface area contributed by atoms with Crippen molar-refractivity contribution in [2.24, 2.45) is 5.10 Å². The van der Waals surface area contributed by atoms with Gasteiger partial charge in [0.25, 0.3) is 0 Å². The van der Waals surface area contributed by atoms with Crippen LogP contribution in [0.3, 0.4) is 0 Å². The first-order valence-corrected chi connectivity index (χ1v) is 9.17. The SMILES string of the molecule is CCN(CC)c1ccc(/C=N/n2c(-c3ccccc3C)n[nH]c2=S)cc1. The van der Waals surface area contributed by atoms with Crippen molar-refractivity contribution >= 4 is 24.1 Å². The smallest absolute Gasteiger partial charge is 0.216 e. The summed E-state index contributed by atoms with van der Waals surface area (Å²) in [6, 6.07) is 16.4. The molecule has 0 unspecified atom stereocenters. The van der Waals surface area contributed by atoms with Crippen molar-refractivity contribution < 1.29 is 0 Å². The van der Waals surface area contributed by atoms with E-state index in [9.17, 15) is 0 Å². The Kier molecular flexibility index (Phi) is 5.63. The maximum Gasteiger partial charge on any atom is 0.216 e. The van der Waals surface area contributed by atoms with Crippen LogP contribution in [0.4, 0.5) is 5.69 Å². The molecule has 1 aromatic heterocycles. The Morgan fingerprint density at radius 2 is 1.81 bits per heavy atom. The molecule has 0 spiro atoms. The van der Waals surface area contributed by atoms with E-state index in [1.165, 1.54) is 5.69 Å². The molecule has 134 valence electrons. The predicted octanol–water partition coefficient (Wildman–Crippen LogP) is 4.64. The summed E-state index contributed by atoms with van der Waals surface area (Å²) >= 11 is 5.34. The molecule has 1 heterocycles. The zero-order valence-corrected chi connectivity index (χ0v) is 16.1. The summed E-state index contributed by atoms with van der Waals surface area (Å²) in [4.78, 5) is 2.31. The molecule has 2 aromatic carbocycles. The number of nitrogens with zero attached hydrogens (tertiary/aromatic N) is 4. The zero-order valence-electron chi connectivity index (χ0n) is 15.3. The van der Waals surface area contributed by atoms with E-state index < -0.39 is 0 Å². The molecule has 0 aliphatic rings. The second kappa shape index (κ2) is 8.10. The number of hydrogen-bond acceptors (Lipinski definition) is 4. The quantitative estimate of drug-likeness (QED) is 0.511. The van der Waals surface area contributed by atoms with Crippen LogP contribution in [0.15, 0.2) is 53.6 Å². The Balaban J connectivity index is 1.89. The fraction of sp³-hybridized carbons (Fsp3) is 0.250. The number of benzene rings is 2. The molecule has 26 heavy (non-hydrogen) atoms. The number of rotatable bonds is 6. The van der Waals surface area contributed by atoms with Crippen LogP contribution >= 0.6 is 12.2 Å². The standard InChI is InChI=1S/C20H23N5S/c1-4-24(5-2)17-12-10-16(11-13-17)14-21-25-19(22-23-20(25)26)18-9-7-6-8-15(18)3/h6-14H,4-5H2,1-3H3,(H,23,26)/b21-14+. The third kappa shape index (κ3) is 3.75. The number of nitrogens with one attached hydrogen (secondary N) is 1. The van der Waals surface area contributed by atoms with E-state index >= 15 is 0 Å². The van der Waals surface area contributed by atoms with Gasteiger partial charge in [0.15, 0.2) is 5.82 Å². The molecule has 3 rings (SSSR count). The van der Waals surface area contributed by atoms with Gasteiger partial charge < -0.3 is 4.90 Å². The molecule has 0 saturated heterocycles. The van der Waals surface area contributed by atoms with E-state index in [1.54, 1.807) is 10.9 Å². The Hall–Kier alpha value is -2.73. The molecule has 5 nitrogen and oxygen atoms in total. The van der Waals surface area contributed by atoms with E-state index in [0.717, 1.165) is 29.8 Å². The molecule has 0 fully saturated rings. The van der Waals surface area contributed by atoms with Gasteiger partial charge in [-0.15, -0.1) is 0 Å². The van der Waals surface area contributed by atoms with Gasteiger partial charge in [0.2, 0.25) is 4.77 Å². The summed E-state index contributed by atoms with van der Waals surface area (Å²) in [7, 11) is 0. The van der Waals surface area contributed by atoms with Crippen LogP contribution in [0.1, 0.15) is 25.0 Å². The highest BCUT2D eigenvalue weighted by atomic mass is 32.1. The van der Waals surface area contributed by atoms with Crippen LogP contribution in [-0.2, 0) is 0 Å². The first-order chi connectivity index (χ1) is 12.6. The molecule has 0 atom stereocenters. The summed E-state index contributed by atoms with van der Waals surface area (Å²) in [6.07, 6.45) is 1.80. The Morgan fingerprint density at radius 3 is 2.46 bits per heavy atom. The van der Waals surface area contributed by atoms with Crippen molar-refractivity contribution in [3.8, 4) is 11.4 Å². The van der Waals surface area contributed by atoms with E-state index in [0.29, 0.717) is 10.6 Å². The van der Waals surface area contributed by atoms with E-state index in [4.69, 9.17) is 12.2 Å². The van der Waals surface area contributed by atoms with Gasteiger partial charge in [0, 0.05) is 24.3 Å². The lowest BCUT2D eigenvalue weighted by molar-refractivity contribution is 0.865. The third-order valence-corrected chi connectivity index (χ3v) is 4.64. The normalized spacial score (nSPS) is 11.2. The van der Waals surface area contributed by atoms with E-state index in [2.05, 4.69) is 58.3 Å². The van der Waals surface area contributed by atoms with Crippen molar-refractivity contribution in [1.82, 2.24) is 14.9 Å². The molecule has 0 bridgehead atoms. The number of anilines is 1. The first-order valence-electron chi connectivity index (χ1n) is 8.76. The number of hydrogen-bond donors (Lipinski definition) is 1. The highest BCUT2D eigenvalue weighted by Crippen LogP contribution is 2.21. The van der Waals surface area contributed by atoms with Gasteiger partial charge >= 0.3 is 0 Å². The van der Waals surface area contributed by atoms with Gasteiger partial charge in [-0.2, -0.15) is 14.9 Å². The van der Waals surface area contributed by atoms with Crippen LogP contribution in [0, 0.1) is 11.7 Å².